The van der Waals surface area contributed by atoms with E-state index in [0.29, 0.717) is 18.5 Å². The Morgan fingerprint density at radius 3 is 2.71 bits per heavy atom. The predicted octanol–water partition coefficient (Wildman–Crippen LogP) is 5.27. The van der Waals surface area contributed by atoms with E-state index in [2.05, 4.69) is 21.2 Å². The second kappa shape index (κ2) is 7.34. The Hall–Kier alpha value is -0.970. The van der Waals surface area contributed by atoms with E-state index in [1.165, 1.54) is 18.2 Å². The lowest BCUT2D eigenvalue weighted by Crippen LogP contribution is -2.24. The Morgan fingerprint density at radius 1 is 1.24 bits per heavy atom. The molecule has 1 unspecified atom stereocenters. The molecule has 5 heteroatoms. The second-order valence-corrected chi connectivity index (χ2v) is 5.95. The first-order chi connectivity index (χ1) is 10.0. The monoisotopic (exact) mass is 373 g/mol. The average molecular weight is 375 g/mol. The van der Waals surface area contributed by atoms with Gasteiger partial charge in [-0.2, -0.15) is 0 Å². The normalized spacial score (nSPS) is 12.4. The maximum atomic E-state index is 14.2. The first kappa shape index (κ1) is 16.4. The van der Waals surface area contributed by atoms with Gasteiger partial charge in [0.15, 0.2) is 0 Å². The van der Waals surface area contributed by atoms with E-state index in [1.807, 2.05) is 6.92 Å². The molecular formula is C16H15BrClF2N. The summed E-state index contributed by atoms with van der Waals surface area (Å²) in [6, 6.07) is 9.15. The van der Waals surface area contributed by atoms with Gasteiger partial charge in [-0.15, -0.1) is 0 Å². The average Bonchev–Trinajstić information content (AvgIpc) is 2.45. The van der Waals surface area contributed by atoms with Gasteiger partial charge in [0, 0.05) is 16.1 Å². The predicted molar refractivity (Wildman–Crippen MR) is 85.6 cm³/mol. The summed E-state index contributed by atoms with van der Waals surface area (Å²) in [6.07, 6.45) is 0.462. The van der Waals surface area contributed by atoms with Crippen LogP contribution in [0.5, 0.6) is 0 Å². The van der Waals surface area contributed by atoms with Crippen LogP contribution < -0.4 is 5.32 Å². The molecule has 0 heterocycles. The fourth-order valence-electron chi connectivity index (χ4n) is 2.25. The molecule has 0 radical (unpaired) electrons. The van der Waals surface area contributed by atoms with Crippen molar-refractivity contribution < 1.29 is 8.78 Å². The van der Waals surface area contributed by atoms with Crippen LogP contribution in [0.4, 0.5) is 8.78 Å². The molecule has 0 aliphatic rings. The van der Waals surface area contributed by atoms with Crippen molar-refractivity contribution in [3.8, 4) is 0 Å². The van der Waals surface area contributed by atoms with Crippen LogP contribution in [-0.4, -0.2) is 6.54 Å². The van der Waals surface area contributed by atoms with E-state index in [0.717, 1.165) is 10.0 Å². The van der Waals surface area contributed by atoms with Crippen molar-refractivity contribution in [3.05, 3.63) is 68.7 Å². The molecule has 0 saturated carbocycles. The summed E-state index contributed by atoms with van der Waals surface area (Å²) in [5.74, 6) is -0.743. The quantitative estimate of drug-likeness (QED) is 0.751. The van der Waals surface area contributed by atoms with Crippen LogP contribution in [0.2, 0.25) is 5.02 Å². The number of likely N-dealkylation sites (N-methyl/N-ethyl adjacent to an activating group) is 1. The van der Waals surface area contributed by atoms with Crippen LogP contribution in [-0.2, 0) is 6.42 Å². The number of halogens is 4. The van der Waals surface area contributed by atoms with E-state index in [9.17, 15) is 8.78 Å². The van der Waals surface area contributed by atoms with E-state index in [-0.39, 0.29) is 16.9 Å². The zero-order valence-corrected chi connectivity index (χ0v) is 13.8. The van der Waals surface area contributed by atoms with Crippen molar-refractivity contribution in [2.24, 2.45) is 0 Å². The van der Waals surface area contributed by atoms with Gasteiger partial charge in [0.2, 0.25) is 0 Å². The van der Waals surface area contributed by atoms with Gasteiger partial charge in [0.05, 0.1) is 5.02 Å². The van der Waals surface area contributed by atoms with Crippen molar-refractivity contribution >= 4 is 27.5 Å². The van der Waals surface area contributed by atoms with E-state index < -0.39 is 5.82 Å². The molecule has 0 aliphatic carbocycles. The van der Waals surface area contributed by atoms with Crippen molar-refractivity contribution in [3.63, 3.8) is 0 Å². The van der Waals surface area contributed by atoms with Crippen LogP contribution in [0.3, 0.4) is 0 Å². The Balaban J connectivity index is 2.35. The molecule has 0 fully saturated rings. The minimum absolute atomic E-state index is 0.0914. The largest absolute Gasteiger partial charge is 0.310 e. The number of benzene rings is 2. The minimum atomic E-state index is -0.433. The van der Waals surface area contributed by atoms with Crippen molar-refractivity contribution in [2.45, 2.75) is 19.4 Å². The second-order valence-electron chi connectivity index (χ2n) is 4.69. The van der Waals surface area contributed by atoms with Gasteiger partial charge in [-0.1, -0.05) is 46.6 Å². The Bertz CT molecular complexity index is 634. The maximum absolute atomic E-state index is 14.2. The molecule has 0 bridgehead atoms. The number of hydrogen-bond donors (Lipinski definition) is 1. The summed E-state index contributed by atoms with van der Waals surface area (Å²) in [6.45, 7) is 2.61. The highest BCUT2D eigenvalue weighted by atomic mass is 79.9. The van der Waals surface area contributed by atoms with Crippen LogP contribution in [0, 0.1) is 11.6 Å². The molecule has 0 amide bonds. The molecule has 2 aromatic rings. The first-order valence-corrected chi connectivity index (χ1v) is 7.81. The molecule has 2 rings (SSSR count). The lowest BCUT2D eigenvalue weighted by atomic mass is 9.98. The van der Waals surface area contributed by atoms with Crippen LogP contribution in [0.25, 0.3) is 0 Å². The summed E-state index contributed by atoms with van der Waals surface area (Å²) < 4.78 is 28.4. The van der Waals surface area contributed by atoms with Gasteiger partial charge >= 0.3 is 0 Å². The van der Waals surface area contributed by atoms with Gasteiger partial charge < -0.3 is 5.32 Å². The van der Waals surface area contributed by atoms with Crippen LogP contribution >= 0.6 is 27.5 Å². The van der Waals surface area contributed by atoms with E-state index >= 15 is 0 Å². The molecule has 1 nitrogen and oxygen atoms in total. The van der Waals surface area contributed by atoms with Crippen molar-refractivity contribution in [2.75, 3.05) is 6.54 Å². The molecule has 2 aromatic carbocycles. The molecule has 1 N–H and O–H groups in total. The molecule has 0 aliphatic heterocycles. The first-order valence-electron chi connectivity index (χ1n) is 6.64. The Morgan fingerprint density at radius 2 is 2.00 bits per heavy atom. The van der Waals surface area contributed by atoms with Crippen molar-refractivity contribution in [1.82, 2.24) is 5.32 Å². The zero-order valence-electron chi connectivity index (χ0n) is 11.5. The van der Waals surface area contributed by atoms with Crippen LogP contribution in [0.15, 0.2) is 40.9 Å². The molecule has 0 saturated heterocycles. The molecule has 0 spiro atoms. The fraction of sp³-hybridized carbons (Fsp3) is 0.250. The number of nitrogens with one attached hydrogen (secondary N) is 1. The zero-order chi connectivity index (χ0) is 15.4. The molecule has 1 atom stereocenters. The summed E-state index contributed by atoms with van der Waals surface area (Å²) in [5, 5.41) is 3.31. The van der Waals surface area contributed by atoms with Gasteiger partial charge in [0.1, 0.15) is 11.6 Å². The molecule has 112 valence electrons. The van der Waals surface area contributed by atoms with Crippen molar-refractivity contribution in [1.29, 1.82) is 0 Å². The summed E-state index contributed by atoms with van der Waals surface area (Å²) in [7, 11) is 0. The third-order valence-electron chi connectivity index (χ3n) is 3.24. The maximum Gasteiger partial charge on any atom is 0.146 e. The smallest absolute Gasteiger partial charge is 0.146 e. The van der Waals surface area contributed by atoms with Gasteiger partial charge in [-0.05, 0) is 42.8 Å². The lowest BCUT2D eigenvalue weighted by molar-refractivity contribution is 0.508. The highest BCUT2D eigenvalue weighted by Crippen LogP contribution is 2.28. The highest BCUT2D eigenvalue weighted by Gasteiger charge is 2.18. The van der Waals surface area contributed by atoms with E-state index in [4.69, 9.17) is 11.6 Å². The molecule has 21 heavy (non-hydrogen) atoms. The van der Waals surface area contributed by atoms with E-state index in [1.54, 1.807) is 18.2 Å². The topological polar surface area (TPSA) is 12.0 Å². The third kappa shape index (κ3) is 4.02. The van der Waals surface area contributed by atoms with Crippen LogP contribution in [0.1, 0.15) is 24.1 Å². The third-order valence-corrected chi connectivity index (χ3v) is 4.30. The number of rotatable bonds is 5. The fourth-order valence-corrected chi connectivity index (χ4v) is 2.84. The summed E-state index contributed by atoms with van der Waals surface area (Å²) >= 11 is 9.25. The molecular weight excluding hydrogens is 360 g/mol. The standard InChI is InChI=1S/C16H15BrClF2N/c1-2-21-15(12-4-3-5-14(18)16(12)20)9-10-8-11(19)6-7-13(10)17/h3-8,15,21H,2,9H2,1H3. The summed E-state index contributed by atoms with van der Waals surface area (Å²) in [4.78, 5) is 0. The number of hydrogen-bond acceptors (Lipinski definition) is 1. The SMILES string of the molecule is CCNC(Cc1cc(F)ccc1Br)c1cccc(Cl)c1F. The van der Waals surface area contributed by atoms with Gasteiger partial charge in [-0.3, -0.25) is 0 Å². The lowest BCUT2D eigenvalue weighted by Gasteiger charge is -2.20. The highest BCUT2D eigenvalue weighted by molar-refractivity contribution is 9.10. The van der Waals surface area contributed by atoms with Gasteiger partial charge in [-0.25, -0.2) is 8.78 Å². The Labute approximate surface area is 136 Å². The Kier molecular flexibility index (Phi) is 5.73. The minimum Gasteiger partial charge on any atom is -0.310 e. The summed E-state index contributed by atoms with van der Waals surface area (Å²) in [5.41, 5.74) is 1.26. The van der Waals surface area contributed by atoms with Gasteiger partial charge in [0.25, 0.3) is 0 Å². The molecule has 0 aromatic heterocycles.